The Kier molecular flexibility index (Phi) is 13.6. The molecule has 2 aromatic carbocycles. The van der Waals surface area contributed by atoms with Gasteiger partial charge in [0.15, 0.2) is 0 Å². The average Bonchev–Trinajstić information content (AvgIpc) is 3.28. The third-order valence-corrected chi connectivity index (χ3v) is 7.07. The largest absolute Gasteiger partial charge is 0.353 e. The van der Waals surface area contributed by atoms with Crippen molar-refractivity contribution < 1.29 is 4.79 Å². The number of hydrogen-bond acceptors (Lipinski definition) is 2. The topological polar surface area (TPSA) is 46.9 Å². The highest BCUT2D eigenvalue weighted by atomic mass is 16.1. The molecular weight excluding hydrogens is 454 g/mol. The summed E-state index contributed by atoms with van der Waals surface area (Å²) in [5, 5.41) is 3.00. The first-order valence-electron chi connectivity index (χ1n) is 14.7. The van der Waals surface area contributed by atoms with E-state index in [1.807, 2.05) is 36.4 Å². The predicted octanol–water partition coefficient (Wildman–Crippen LogP) is 8.50. The molecule has 1 heterocycles. The minimum absolute atomic E-state index is 0.0258. The number of para-hydroxylation sites is 2. The molecule has 4 nitrogen and oxygen atoms in total. The number of carbonyl (C=O) groups is 1. The lowest BCUT2D eigenvalue weighted by molar-refractivity contribution is -0.116. The van der Waals surface area contributed by atoms with Gasteiger partial charge >= 0.3 is 0 Å². The van der Waals surface area contributed by atoms with Crippen LogP contribution in [0.25, 0.3) is 17.1 Å². The molecule has 4 heteroatoms. The SMILES string of the molecule is CCCCCCCCCCCCn1c(CCCCCNC(=O)/C=C/c2ccccc2)nc2ccccc21. The predicted molar refractivity (Wildman–Crippen MR) is 158 cm³/mol. The summed E-state index contributed by atoms with van der Waals surface area (Å²) in [6.07, 6.45) is 21.2. The molecule has 0 spiro atoms. The van der Waals surface area contributed by atoms with Crippen molar-refractivity contribution in [2.24, 2.45) is 0 Å². The van der Waals surface area contributed by atoms with Crippen molar-refractivity contribution in [3.63, 3.8) is 0 Å². The number of amides is 1. The van der Waals surface area contributed by atoms with Gasteiger partial charge in [-0.25, -0.2) is 4.98 Å². The number of rotatable bonds is 19. The highest BCUT2D eigenvalue weighted by Gasteiger charge is 2.10. The quantitative estimate of drug-likeness (QED) is 0.132. The Bertz CT molecular complexity index is 1050. The lowest BCUT2D eigenvalue weighted by Crippen LogP contribution is -2.22. The maximum atomic E-state index is 12.0. The molecule has 0 saturated heterocycles. The van der Waals surface area contributed by atoms with E-state index in [1.54, 1.807) is 6.08 Å². The van der Waals surface area contributed by atoms with Crippen molar-refractivity contribution in [1.82, 2.24) is 14.9 Å². The summed E-state index contributed by atoms with van der Waals surface area (Å²) in [5.74, 6) is 1.19. The monoisotopic (exact) mass is 501 g/mol. The van der Waals surface area contributed by atoms with Crippen LogP contribution >= 0.6 is 0 Å². The van der Waals surface area contributed by atoms with E-state index < -0.39 is 0 Å². The van der Waals surface area contributed by atoms with E-state index in [4.69, 9.17) is 4.98 Å². The van der Waals surface area contributed by atoms with E-state index in [1.165, 1.54) is 75.5 Å². The molecule has 0 aliphatic heterocycles. The number of hydrogen-bond donors (Lipinski definition) is 1. The third-order valence-electron chi connectivity index (χ3n) is 7.07. The second-order valence-corrected chi connectivity index (χ2v) is 10.2. The number of nitrogens with zero attached hydrogens (tertiary/aromatic N) is 2. The van der Waals surface area contributed by atoms with Gasteiger partial charge in [-0.15, -0.1) is 0 Å². The van der Waals surface area contributed by atoms with Gasteiger partial charge < -0.3 is 9.88 Å². The van der Waals surface area contributed by atoms with E-state index in [0.717, 1.165) is 43.3 Å². The van der Waals surface area contributed by atoms with Gasteiger partial charge in [-0.05, 0) is 43.0 Å². The van der Waals surface area contributed by atoms with E-state index >= 15 is 0 Å². The summed E-state index contributed by atoms with van der Waals surface area (Å²) >= 11 is 0. The van der Waals surface area contributed by atoms with Crippen LogP contribution in [0.1, 0.15) is 102 Å². The molecule has 37 heavy (non-hydrogen) atoms. The maximum Gasteiger partial charge on any atom is 0.243 e. The van der Waals surface area contributed by atoms with Gasteiger partial charge in [0.2, 0.25) is 5.91 Å². The Labute approximate surface area is 224 Å². The fraction of sp³-hybridized carbons (Fsp3) is 0.515. The van der Waals surface area contributed by atoms with Crippen LogP contribution in [-0.4, -0.2) is 22.0 Å². The standard InChI is InChI=1S/C33H47N3O/c1-2-3-4-5-6-7-8-9-10-19-28-36-31-23-17-16-22-30(31)35-32(36)24-15-12-18-27-34-33(37)26-25-29-20-13-11-14-21-29/h11,13-14,16-17,20-23,25-26H,2-10,12,15,18-19,24,27-28H2,1H3,(H,34,37)/b26-25+. The second-order valence-electron chi connectivity index (χ2n) is 10.2. The second kappa shape index (κ2) is 17.6. The van der Waals surface area contributed by atoms with Gasteiger partial charge in [-0.2, -0.15) is 0 Å². The Morgan fingerprint density at radius 2 is 1.43 bits per heavy atom. The van der Waals surface area contributed by atoms with Crippen LogP contribution in [0.3, 0.4) is 0 Å². The zero-order valence-corrected chi connectivity index (χ0v) is 23.0. The molecule has 200 valence electrons. The molecule has 0 aliphatic rings. The van der Waals surface area contributed by atoms with E-state index in [9.17, 15) is 4.79 Å². The third kappa shape index (κ3) is 11.0. The number of unbranched alkanes of at least 4 members (excludes halogenated alkanes) is 11. The van der Waals surface area contributed by atoms with Gasteiger partial charge in [0.05, 0.1) is 11.0 Å². The molecule has 3 rings (SSSR count). The van der Waals surface area contributed by atoms with Crippen LogP contribution in [0.5, 0.6) is 0 Å². The molecule has 0 bridgehead atoms. The smallest absolute Gasteiger partial charge is 0.243 e. The van der Waals surface area contributed by atoms with Crippen molar-refractivity contribution in [2.45, 2.75) is 103 Å². The summed E-state index contributed by atoms with van der Waals surface area (Å²) in [7, 11) is 0. The summed E-state index contributed by atoms with van der Waals surface area (Å²) in [5.41, 5.74) is 3.42. The summed E-state index contributed by atoms with van der Waals surface area (Å²) in [4.78, 5) is 17.0. The molecule has 0 atom stereocenters. The lowest BCUT2D eigenvalue weighted by Gasteiger charge is -2.10. The Morgan fingerprint density at radius 3 is 2.19 bits per heavy atom. The van der Waals surface area contributed by atoms with E-state index in [0.29, 0.717) is 6.54 Å². The zero-order chi connectivity index (χ0) is 26.0. The minimum atomic E-state index is -0.0258. The van der Waals surface area contributed by atoms with Crippen molar-refractivity contribution in [3.8, 4) is 0 Å². The Balaban J connectivity index is 1.33. The Hall–Kier alpha value is -2.88. The fourth-order valence-corrected chi connectivity index (χ4v) is 4.91. The van der Waals surface area contributed by atoms with Gasteiger partial charge in [-0.1, -0.05) is 114 Å². The minimum Gasteiger partial charge on any atom is -0.353 e. The first-order chi connectivity index (χ1) is 18.3. The molecular formula is C33H47N3O. The first kappa shape index (κ1) is 28.7. The maximum absolute atomic E-state index is 12.0. The molecule has 1 N–H and O–H groups in total. The summed E-state index contributed by atoms with van der Waals surface area (Å²) < 4.78 is 2.45. The van der Waals surface area contributed by atoms with Crippen molar-refractivity contribution in [2.75, 3.05) is 6.54 Å². The molecule has 0 unspecified atom stereocenters. The molecule has 1 amide bonds. The van der Waals surface area contributed by atoms with Crippen LogP contribution < -0.4 is 5.32 Å². The van der Waals surface area contributed by atoms with E-state index in [2.05, 4.69) is 41.1 Å². The molecule has 1 aromatic heterocycles. The number of carbonyl (C=O) groups excluding carboxylic acids is 1. The highest BCUT2D eigenvalue weighted by Crippen LogP contribution is 2.19. The van der Waals surface area contributed by atoms with Gasteiger partial charge in [0.1, 0.15) is 5.82 Å². The summed E-state index contributed by atoms with van der Waals surface area (Å²) in [6, 6.07) is 18.5. The molecule has 0 aliphatic carbocycles. The number of fused-ring (bicyclic) bond motifs is 1. The number of benzene rings is 2. The molecule has 0 radical (unpaired) electrons. The number of imidazole rings is 1. The number of nitrogens with one attached hydrogen (secondary N) is 1. The number of aromatic nitrogens is 2. The van der Waals surface area contributed by atoms with Gasteiger partial charge in [0.25, 0.3) is 0 Å². The van der Waals surface area contributed by atoms with Crippen LogP contribution in [0, 0.1) is 0 Å². The van der Waals surface area contributed by atoms with Crippen LogP contribution in [-0.2, 0) is 17.8 Å². The molecule has 0 saturated carbocycles. The summed E-state index contributed by atoms with van der Waals surface area (Å²) in [6.45, 7) is 4.06. The molecule has 0 fully saturated rings. The lowest BCUT2D eigenvalue weighted by atomic mass is 10.1. The van der Waals surface area contributed by atoms with Crippen LogP contribution in [0.2, 0.25) is 0 Å². The van der Waals surface area contributed by atoms with Crippen LogP contribution in [0.4, 0.5) is 0 Å². The first-order valence-corrected chi connectivity index (χ1v) is 14.7. The van der Waals surface area contributed by atoms with Gasteiger partial charge in [-0.3, -0.25) is 4.79 Å². The fourth-order valence-electron chi connectivity index (χ4n) is 4.91. The van der Waals surface area contributed by atoms with Crippen LogP contribution in [0.15, 0.2) is 60.7 Å². The van der Waals surface area contributed by atoms with Crippen molar-refractivity contribution in [1.29, 1.82) is 0 Å². The molecule has 3 aromatic rings. The number of aryl methyl sites for hydroxylation is 2. The highest BCUT2D eigenvalue weighted by molar-refractivity contribution is 5.91. The normalized spacial score (nSPS) is 11.5. The van der Waals surface area contributed by atoms with E-state index in [-0.39, 0.29) is 5.91 Å². The Morgan fingerprint density at radius 1 is 0.784 bits per heavy atom. The van der Waals surface area contributed by atoms with Crippen molar-refractivity contribution in [3.05, 3.63) is 72.1 Å². The zero-order valence-electron chi connectivity index (χ0n) is 23.0. The van der Waals surface area contributed by atoms with Gasteiger partial charge in [0, 0.05) is 25.6 Å². The average molecular weight is 502 g/mol. The van der Waals surface area contributed by atoms with Crippen molar-refractivity contribution >= 4 is 23.0 Å².